The van der Waals surface area contributed by atoms with Gasteiger partial charge >= 0.3 is 0 Å². The van der Waals surface area contributed by atoms with Gasteiger partial charge in [-0.05, 0) is 40.4 Å². The number of allylic oxidation sites excluding steroid dienone is 3. The number of fused-ring (bicyclic) bond motifs is 5. The van der Waals surface area contributed by atoms with Crippen LogP contribution in [-0.2, 0) is 10.8 Å². The Bertz CT molecular complexity index is 718. The van der Waals surface area contributed by atoms with Gasteiger partial charge in [0, 0.05) is 22.6 Å². The van der Waals surface area contributed by atoms with Crippen molar-refractivity contribution in [1.82, 2.24) is 0 Å². The van der Waals surface area contributed by atoms with Crippen molar-refractivity contribution < 1.29 is 4.21 Å². The molecule has 2 aliphatic carbocycles. The molecular formula is C18H16Cl2OS. The zero-order valence-corrected chi connectivity index (χ0v) is 14.2. The Morgan fingerprint density at radius 1 is 1.18 bits per heavy atom. The summed E-state index contributed by atoms with van der Waals surface area (Å²) in [5.74, 6) is 1.15. The molecule has 1 aromatic rings. The van der Waals surface area contributed by atoms with Crippen molar-refractivity contribution in [3.05, 3.63) is 69.6 Å². The fraction of sp³-hybridized carbons (Fsp3) is 0.333. The number of hydrogen-bond donors (Lipinski definition) is 0. The second-order valence-corrected chi connectivity index (χ2v) is 8.71. The van der Waals surface area contributed by atoms with Gasteiger partial charge in [-0.1, -0.05) is 66.2 Å². The van der Waals surface area contributed by atoms with Crippen LogP contribution in [0.3, 0.4) is 0 Å². The molecule has 1 nitrogen and oxygen atoms in total. The first kappa shape index (κ1) is 14.7. The molecule has 4 heteroatoms. The first-order valence-corrected chi connectivity index (χ1v) is 9.49. The quantitative estimate of drug-likeness (QED) is 0.701. The molecule has 0 amide bonds. The van der Waals surface area contributed by atoms with E-state index < -0.39 is 10.8 Å². The van der Waals surface area contributed by atoms with Crippen LogP contribution in [0.25, 0.3) is 0 Å². The lowest BCUT2D eigenvalue weighted by molar-refractivity contribution is 0.390. The Hall–Kier alpha value is -0.830. The Labute approximate surface area is 143 Å². The van der Waals surface area contributed by atoms with E-state index in [4.69, 9.17) is 23.2 Å². The summed E-state index contributed by atoms with van der Waals surface area (Å²) in [5.41, 5.74) is 3.29. The van der Waals surface area contributed by atoms with E-state index >= 15 is 0 Å². The van der Waals surface area contributed by atoms with Crippen LogP contribution in [-0.4, -0.2) is 9.46 Å². The highest BCUT2D eigenvalue weighted by atomic mass is 35.5. The van der Waals surface area contributed by atoms with E-state index in [0.717, 1.165) is 17.6 Å². The smallest absolute Gasteiger partial charge is 0.110 e. The molecule has 0 N–H and O–H groups in total. The first-order valence-electron chi connectivity index (χ1n) is 7.46. The van der Waals surface area contributed by atoms with Crippen molar-refractivity contribution in [2.75, 3.05) is 0 Å². The van der Waals surface area contributed by atoms with Crippen molar-refractivity contribution in [2.45, 2.75) is 17.6 Å². The van der Waals surface area contributed by atoms with Gasteiger partial charge in [-0.3, -0.25) is 4.21 Å². The van der Waals surface area contributed by atoms with Gasteiger partial charge in [0.25, 0.3) is 0 Å². The van der Waals surface area contributed by atoms with Gasteiger partial charge in [0.15, 0.2) is 0 Å². The van der Waals surface area contributed by atoms with Crippen molar-refractivity contribution in [2.24, 2.45) is 17.8 Å². The van der Waals surface area contributed by atoms with Gasteiger partial charge in [-0.15, -0.1) is 0 Å². The van der Waals surface area contributed by atoms with Crippen molar-refractivity contribution in [1.29, 1.82) is 0 Å². The van der Waals surface area contributed by atoms with E-state index in [0.29, 0.717) is 22.2 Å². The van der Waals surface area contributed by atoms with Gasteiger partial charge in [0.05, 0.1) is 5.25 Å². The maximum Gasteiger partial charge on any atom is 0.110 e. The van der Waals surface area contributed by atoms with Crippen LogP contribution in [0.15, 0.2) is 64.0 Å². The summed E-state index contributed by atoms with van der Waals surface area (Å²) in [4.78, 5) is 0. The van der Waals surface area contributed by atoms with Crippen LogP contribution in [0.5, 0.6) is 0 Å². The molecule has 0 aromatic heterocycles. The second kappa shape index (κ2) is 5.36. The third-order valence-corrected chi connectivity index (χ3v) is 7.42. The maximum absolute atomic E-state index is 12.6. The van der Waals surface area contributed by atoms with Gasteiger partial charge in [0.2, 0.25) is 0 Å². The standard InChI is InChI=1S/C18H16Cl2OS/c1-10-13-9-14(15(10)18(19)20)17-16(13)12(7-8-22(17)21)11-5-3-2-4-6-11/h2-8,12-14,16-17H,1,9H2/t12-,13+,14-,16+,17-,22?/m1/s1. The topological polar surface area (TPSA) is 17.1 Å². The minimum Gasteiger partial charge on any atom is -0.255 e. The number of benzene rings is 1. The Kier molecular flexibility index (Phi) is 3.60. The van der Waals surface area contributed by atoms with Crippen molar-refractivity contribution in [3.8, 4) is 0 Å². The fourth-order valence-corrected chi connectivity index (χ4v) is 6.85. The lowest BCUT2D eigenvalue weighted by atomic mass is 9.73. The van der Waals surface area contributed by atoms with Crippen LogP contribution in [0, 0.1) is 17.8 Å². The fourth-order valence-electron chi connectivity index (χ4n) is 4.58. The minimum absolute atomic E-state index is 0.105. The summed E-state index contributed by atoms with van der Waals surface area (Å²) >= 11 is 12.1. The average Bonchev–Trinajstić information content (AvgIpc) is 3.04. The summed E-state index contributed by atoms with van der Waals surface area (Å²) < 4.78 is 12.9. The molecule has 0 radical (unpaired) electrons. The zero-order valence-electron chi connectivity index (χ0n) is 11.9. The van der Waals surface area contributed by atoms with Crippen LogP contribution in [0.4, 0.5) is 0 Å². The summed E-state index contributed by atoms with van der Waals surface area (Å²) in [7, 11) is -0.965. The monoisotopic (exact) mass is 350 g/mol. The van der Waals surface area contributed by atoms with Crippen LogP contribution >= 0.6 is 23.2 Å². The van der Waals surface area contributed by atoms with Gasteiger partial charge < -0.3 is 0 Å². The predicted octanol–water partition coefficient (Wildman–Crippen LogP) is 4.93. The van der Waals surface area contributed by atoms with Gasteiger partial charge in [0.1, 0.15) is 4.49 Å². The largest absolute Gasteiger partial charge is 0.255 e. The Balaban J connectivity index is 1.80. The number of hydrogen-bond acceptors (Lipinski definition) is 1. The second-order valence-electron chi connectivity index (χ2n) is 6.28. The van der Waals surface area contributed by atoms with Crippen LogP contribution < -0.4 is 0 Å². The highest BCUT2D eigenvalue weighted by molar-refractivity contribution is 7.88. The summed E-state index contributed by atoms with van der Waals surface area (Å²) in [6, 6.07) is 10.5. The Morgan fingerprint density at radius 3 is 2.59 bits per heavy atom. The predicted molar refractivity (Wildman–Crippen MR) is 93.2 cm³/mol. The SMILES string of the molecule is C=C1C(=C(Cl)Cl)[C@H]2C[C@@H]1[C@H]1[C@@H]2S(=O)C=C[C@@H]1c1ccccc1. The minimum atomic E-state index is -0.965. The summed E-state index contributed by atoms with van der Waals surface area (Å²) in [5, 5.41) is 1.97. The molecule has 1 aliphatic heterocycles. The molecule has 0 saturated heterocycles. The average molecular weight is 351 g/mol. The van der Waals surface area contributed by atoms with Gasteiger partial charge in [-0.25, -0.2) is 0 Å². The lowest BCUT2D eigenvalue weighted by Crippen LogP contribution is -2.38. The first-order chi connectivity index (χ1) is 10.6. The number of halogens is 2. The molecule has 1 heterocycles. The summed E-state index contributed by atoms with van der Waals surface area (Å²) in [6.07, 6.45) is 3.09. The number of rotatable bonds is 1. The lowest BCUT2D eigenvalue weighted by Gasteiger charge is -2.39. The van der Waals surface area contributed by atoms with E-state index in [2.05, 4.69) is 36.9 Å². The molecule has 22 heavy (non-hydrogen) atoms. The molecule has 3 aliphatic rings. The molecule has 4 rings (SSSR count). The van der Waals surface area contributed by atoms with Crippen molar-refractivity contribution in [3.63, 3.8) is 0 Å². The van der Waals surface area contributed by atoms with E-state index in [1.807, 2.05) is 11.5 Å². The van der Waals surface area contributed by atoms with E-state index in [-0.39, 0.29) is 11.2 Å². The maximum atomic E-state index is 12.6. The zero-order chi connectivity index (χ0) is 15.4. The van der Waals surface area contributed by atoms with Crippen molar-refractivity contribution >= 4 is 34.0 Å². The Morgan fingerprint density at radius 2 is 1.91 bits per heavy atom. The summed E-state index contributed by atoms with van der Waals surface area (Å²) in [6.45, 7) is 4.23. The molecule has 2 saturated carbocycles. The molecule has 114 valence electrons. The van der Waals surface area contributed by atoms with Gasteiger partial charge in [-0.2, -0.15) is 0 Å². The van der Waals surface area contributed by atoms with E-state index in [1.165, 1.54) is 5.56 Å². The normalized spacial score (nSPS) is 39.2. The molecular weight excluding hydrogens is 335 g/mol. The third kappa shape index (κ3) is 2.01. The highest BCUT2D eigenvalue weighted by Gasteiger charge is 2.57. The van der Waals surface area contributed by atoms with E-state index in [9.17, 15) is 4.21 Å². The molecule has 1 aromatic carbocycles. The molecule has 0 spiro atoms. The van der Waals surface area contributed by atoms with Crippen LogP contribution in [0.2, 0.25) is 0 Å². The molecule has 1 unspecified atom stereocenters. The molecule has 2 bridgehead atoms. The third-order valence-electron chi connectivity index (χ3n) is 5.40. The van der Waals surface area contributed by atoms with E-state index in [1.54, 1.807) is 0 Å². The molecule has 2 fully saturated rings. The highest BCUT2D eigenvalue weighted by Crippen LogP contribution is 2.62. The molecule has 6 atom stereocenters. The van der Waals surface area contributed by atoms with Crippen LogP contribution in [0.1, 0.15) is 17.9 Å².